The van der Waals surface area contributed by atoms with Crippen LogP contribution in [0.15, 0.2) is 30.3 Å². The van der Waals surface area contributed by atoms with E-state index in [9.17, 15) is 4.79 Å². The maximum absolute atomic E-state index is 12.0. The Bertz CT molecular complexity index is 548. The maximum Gasteiger partial charge on any atom is 0.171 e. The summed E-state index contributed by atoms with van der Waals surface area (Å²) in [7, 11) is 0. The molecule has 0 unspecified atom stereocenters. The minimum Gasteiger partial charge on any atom is -0.294 e. The minimum absolute atomic E-state index is 0.116. The van der Waals surface area contributed by atoms with E-state index in [2.05, 4.69) is 0 Å². The number of thiophene rings is 1. The molecular weight excluding hydrogens is 299 g/mol. The van der Waals surface area contributed by atoms with Gasteiger partial charge in [0, 0.05) is 6.42 Å². The molecule has 0 bridgehead atoms. The molecule has 0 amide bonds. The highest BCUT2D eigenvalue weighted by Gasteiger charge is 2.20. The first kappa shape index (κ1) is 12.9. The second-order valence-corrected chi connectivity index (χ2v) is 6.03. The quantitative estimate of drug-likeness (QED) is 0.718. The summed E-state index contributed by atoms with van der Waals surface area (Å²) in [5, 5.41) is 0.252. The molecule has 0 atom stereocenters. The predicted octanol–water partition coefficient (Wildman–Crippen LogP) is 5.13. The van der Waals surface area contributed by atoms with Crippen molar-refractivity contribution in [1.82, 2.24) is 0 Å². The largest absolute Gasteiger partial charge is 0.294 e. The summed E-state index contributed by atoms with van der Waals surface area (Å²) in [6.07, 6.45) is 0.271. The van der Waals surface area contributed by atoms with Crippen LogP contribution in [0.5, 0.6) is 0 Å². The summed E-state index contributed by atoms with van der Waals surface area (Å²) in [6.45, 7) is 0. The molecular formula is C12H7Cl3OS. The van der Waals surface area contributed by atoms with Crippen molar-refractivity contribution in [2.24, 2.45) is 0 Å². The molecule has 5 heteroatoms. The van der Waals surface area contributed by atoms with Crippen molar-refractivity contribution in [3.05, 3.63) is 55.2 Å². The van der Waals surface area contributed by atoms with Gasteiger partial charge in [-0.2, -0.15) is 0 Å². The van der Waals surface area contributed by atoms with Gasteiger partial charge in [-0.3, -0.25) is 4.79 Å². The third kappa shape index (κ3) is 2.83. The van der Waals surface area contributed by atoms with Crippen LogP contribution in [-0.2, 0) is 6.42 Å². The third-order valence-corrected chi connectivity index (χ3v) is 4.45. The Morgan fingerprint density at radius 2 is 1.71 bits per heavy atom. The molecule has 2 rings (SSSR count). The van der Waals surface area contributed by atoms with E-state index >= 15 is 0 Å². The van der Waals surface area contributed by atoms with Gasteiger partial charge >= 0.3 is 0 Å². The Kier molecular flexibility index (Phi) is 4.10. The van der Waals surface area contributed by atoms with Crippen molar-refractivity contribution in [2.45, 2.75) is 6.42 Å². The Morgan fingerprint density at radius 1 is 1.06 bits per heavy atom. The van der Waals surface area contributed by atoms with E-state index in [-0.39, 0.29) is 17.2 Å². The first-order valence-corrected chi connectivity index (χ1v) is 6.75. The lowest BCUT2D eigenvalue weighted by molar-refractivity contribution is 0.0993. The number of hydrogen-bond acceptors (Lipinski definition) is 2. The van der Waals surface area contributed by atoms with Crippen molar-refractivity contribution < 1.29 is 4.79 Å². The molecule has 2 aromatic rings. The first-order valence-electron chi connectivity index (χ1n) is 4.80. The highest BCUT2D eigenvalue weighted by Crippen LogP contribution is 2.40. The van der Waals surface area contributed by atoms with Gasteiger partial charge in [0.25, 0.3) is 0 Å². The van der Waals surface area contributed by atoms with Crippen LogP contribution in [-0.4, -0.2) is 5.78 Å². The fourth-order valence-electron chi connectivity index (χ4n) is 1.46. The molecule has 0 N–H and O–H groups in total. The number of rotatable bonds is 3. The van der Waals surface area contributed by atoms with Gasteiger partial charge in [-0.1, -0.05) is 65.1 Å². The normalized spacial score (nSPS) is 10.5. The summed E-state index contributed by atoms with van der Waals surface area (Å²) in [4.78, 5) is 12.0. The molecule has 0 aliphatic rings. The summed E-state index contributed by atoms with van der Waals surface area (Å²) in [5.74, 6) is -0.116. The highest BCUT2D eigenvalue weighted by atomic mass is 35.5. The molecule has 1 aromatic carbocycles. The van der Waals surface area contributed by atoms with Gasteiger partial charge in [0.2, 0.25) is 0 Å². The molecule has 1 heterocycles. The minimum atomic E-state index is -0.116. The molecule has 0 aliphatic carbocycles. The predicted molar refractivity (Wildman–Crippen MR) is 73.8 cm³/mol. The van der Waals surface area contributed by atoms with Crippen LogP contribution < -0.4 is 0 Å². The van der Waals surface area contributed by atoms with Gasteiger partial charge in [-0.15, -0.1) is 11.3 Å². The molecule has 17 heavy (non-hydrogen) atoms. The number of hydrogen-bond donors (Lipinski definition) is 0. The van der Waals surface area contributed by atoms with Crippen molar-refractivity contribution in [3.63, 3.8) is 0 Å². The molecule has 1 aromatic heterocycles. The fraction of sp³-hybridized carbons (Fsp3) is 0.0833. The van der Waals surface area contributed by atoms with Gasteiger partial charge in [0.05, 0.1) is 10.6 Å². The van der Waals surface area contributed by atoms with Crippen LogP contribution in [0.1, 0.15) is 15.9 Å². The standard InChI is InChI=1S/C12H7Cl3OS/c13-10-9(11(14)17-12(10)15)8(16)6-7-4-2-1-3-5-7/h1-5H,6H2. The maximum atomic E-state index is 12.0. The topological polar surface area (TPSA) is 17.1 Å². The highest BCUT2D eigenvalue weighted by molar-refractivity contribution is 7.21. The average molecular weight is 306 g/mol. The van der Waals surface area contributed by atoms with E-state index in [0.717, 1.165) is 16.9 Å². The summed E-state index contributed by atoms with van der Waals surface area (Å²) >= 11 is 18.8. The zero-order valence-electron chi connectivity index (χ0n) is 8.54. The van der Waals surface area contributed by atoms with Crippen molar-refractivity contribution in [3.8, 4) is 0 Å². The second kappa shape index (κ2) is 5.40. The van der Waals surface area contributed by atoms with Crippen LogP contribution in [0.3, 0.4) is 0 Å². The molecule has 0 saturated heterocycles. The lowest BCUT2D eigenvalue weighted by Gasteiger charge is -2.00. The van der Waals surface area contributed by atoms with Crippen molar-refractivity contribution >= 4 is 51.9 Å². The number of carbonyl (C=O) groups is 1. The lowest BCUT2D eigenvalue weighted by atomic mass is 10.1. The van der Waals surface area contributed by atoms with Gasteiger partial charge in [0.15, 0.2) is 5.78 Å². The van der Waals surface area contributed by atoms with E-state index in [1.165, 1.54) is 0 Å². The molecule has 0 fully saturated rings. The van der Waals surface area contributed by atoms with E-state index in [4.69, 9.17) is 34.8 Å². The fourth-order valence-corrected chi connectivity index (χ4v) is 3.42. The Balaban J connectivity index is 2.27. The van der Waals surface area contributed by atoms with E-state index in [0.29, 0.717) is 14.2 Å². The molecule has 0 radical (unpaired) electrons. The Morgan fingerprint density at radius 3 is 2.24 bits per heavy atom. The summed E-state index contributed by atoms with van der Waals surface area (Å²) in [6, 6.07) is 9.43. The van der Waals surface area contributed by atoms with Crippen molar-refractivity contribution in [2.75, 3.05) is 0 Å². The molecule has 0 spiro atoms. The van der Waals surface area contributed by atoms with Gasteiger partial charge in [-0.05, 0) is 5.56 Å². The van der Waals surface area contributed by atoms with E-state index in [1.807, 2.05) is 30.3 Å². The zero-order valence-corrected chi connectivity index (χ0v) is 11.6. The average Bonchev–Trinajstić information content (AvgIpc) is 2.54. The molecule has 88 valence electrons. The lowest BCUT2D eigenvalue weighted by Crippen LogP contribution is -2.03. The monoisotopic (exact) mass is 304 g/mol. The number of halogens is 3. The van der Waals surface area contributed by atoms with Crippen LogP contribution in [0.4, 0.5) is 0 Å². The van der Waals surface area contributed by atoms with E-state index in [1.54, 1.807) is 0 Å². The van der Waals surface area contributed by atoms with Gasteiger partial charge in [-0.25, -0.2) is 0 Å². The first-order chi connectivity index (χ1) is 8.09. The zero-order chi connectivity index (χ0) is 12.4. The van der Waals surface area contributed by atoms with Crippen LogP contribution in [0.2, 0.25) is 13.7 Å². The van der Waals surface area contributed by atoms with Gasteiger partial charge < -0.3 is 0 Å². The third-order valence-electron chi connectivity index (χ3n) is 2.25. The summed E-state index contributed by atoms with van der Waals surface area (Å²) < 4.78 is 0.703. The molecule has 0 saturated carbocycles. The number of ketones is 1. The SMILES string of the molecule is O=C(Cc1ccccc1)c1c(Cl)sc(Cl)c1Cl. The van der Waals surface area contributed by atoms with Gasteiger partial charge in [0.1, 0.15) is 8.67 Å². The van der Waals surface area contributed by atoms with Crippen molar-refractivity contribution in [1.29, 1.82) is 0 Å². The van der Waals surface area contributed by atoms with Crippen LogP contribution in [0.25, 0.3) is 0 Å². The van der Waals surface area contributed by atoms with Crippen LogP contribution in [0, 0.1) is 0 Å². The smallest absolute Gasteiger partial charge is 0.171 e. The van der Waals surface area contributed by atoms with E-state index < -0.39 is 0 Å². The number of Topliss-reactive ketones (excluding diaryl/α,β-unsaturated/α-hetero) is 1. The Labute approximate surface area is 118 Å². The Hall–Kier alpha value is -0.540. The number of benzene rings is 1. The van der Waals surface area contributed by atoms with Crippen LogP contribution >= 0.6 is 46.1 Å². The molecule has 1 nitrogen and oxygen atoms in total. The number of carbonyl (C=O) groups excluding carboxylic acids is 1. The summed E-state index contributed by atoms with van der Waals surface area (Å²) in [5.41, 5.74) is 1.25. The molecule has 0 aliphatic heterocycles. The second-order valence-electron chi connectivity index (χ2n) is 3.42.